The van der Waals surface area contributed by atoms with Gasteiger partial charge in [-0.15, -0.1) is 0 Å². The van der Waals surface area contributed by atoms with E-state index in [0.717, 1.165) is 17.4 Å². The van der Waals surface area contributed by atoms with Gasteiger partial charge in [0, 0.05) is 17.6 Å². The van der Waals surface area contributed by atoms with Crippen LogP contribution in [0.15, 0.2) is 22.6 Å². The second-order valence-electron chi connectivity index (χ2n) is 10.0. The monoisotopic (exact) mass is 461 g/mol. The molecule has 0 saturated carbocycles. The zero-order valence-corrected chi connectivity index (χ0v) is 21.4. The van der Waals surface area contributed by atoms with Crippen molar-refractivity contribution in [2.24, 2.45) is 0 Å². The van der Waals surface area contributed by atoms with E-state index in [0.29, 0.717) is 37.3 Å². The van der Waals surface area contributed by atoms with Crippen molar-refractivity contribution in [3.05, 3.63) is 29.5 Å². The molecular weight excluding hydrogens is 422 g/mol. The van der Waals surface area contributed by atoms with Crippen LogP contribution in [0, 0.1) is 0 Å². The van der Waals surface area contributed by atoms with Gasteiger partial charge in [-0.1, -0.05) is 19.4 Å². The number of furan rings is 1. The van der Waals surface area contributed by atoms with Crippen molar-refractivity contribution < 1.29 is 28.2 Å². The van der Waals surface area contributed by atoms with E-state index in [1.165, 1.54) is 0 Å². The van der Waals surface area contributed by atoms with Crippen molar-refractivity contribution in [3.8, 4) is 5.75 Å². The summed E-state index contributed by atoms with van der Waals surface area (Å²) >= 11 is 0. The smallest absolute Gasteiger partial charge is 0.410 e. The molecule has 7 heteroatoms. The molecule has 184 valence electrons. The minimum absolute atomic E-state index is 0.244. The Morgan fingerprint density at radius 2 is 1.76 bits per heavy atom. The van der Waals surface area contributed by atoms with Crippen molar-refractivity contribution in [1.29, 1.82) is 0 Å². The molecule has 0 spiro atoms. The molecule has 1 aromatic carbocycles. The van der Waals surface area contributed by atoms with Crippen LogP contribution in [0.25, 0.3) is 11.0 Å². The average Bonchev–Trinajstić information content (AvgIpc) is 3.05. The van der Waals surface area contributed by atoms with Gasteiger partial charge >= 0.3 is 12.1 Å². The SMILES string of the molecule is CCCc1c(C(=O)OCC)oc2cccc(OCCCN(C(=O)OC(C)(C)C)C(C)(C)C)c12. The molecule has 1 amide bonds. The summed E-state index contributed by atoms with van der Waals surface area (Å²) in [6, 6.07) is 5.54. The summed E-state index contributed by atoms with van der Waals surface area (Å²) in [5, 5.41) is 0.808. The standard InChI is InChI=1S/C26H39NO6/c1-9-13-18-21-19(14-11-15-20(21)32-22(18)23(28)30-10-2)31-17-12-16-27(25(3,4)5)24(29)33-26(6,7)8/h11,14-15H,9-10,12-13,16-17H2,1-8H3. The molecule has 0 radical (unpaired) electrons. The van der Waals surface area contributed by atoms with Crippen LogP contribution in [0.4, 0.5) is 4.79 Å². The Morgan fingerprint density at radius 1 is 1.06 bits per heavy atom. The third kappa shape index (κ3) is 7.14. The van der Waals surface area contributed by atoms with Gasteiger partial charge in [0.1, 0.15) is 16.9 Å². The Hall–Kier alpha value is -2.70. The maximum Gasteiger partial charge on any atom is 0.410 e. The normalized spacial score (nSPS) is 12.0. The number of carbonyl (C=O) groups excluding carboxylic acids is 2. The van der Waals surface area contributed by atoms with E-state index < -0.39 is 11.6 Å². The summed E-state index contributed by atoms with van der Waals surface area (Å²) < 4.78 is 22.7. The highest BCUT2D eigenvalue weighted by molar-refractivity contribution is 5.98. The first-order chi connectivity index (χ1) is 15.4. The third-order valence-corrected chi connectivity index (χ3v) is 4.94. The van der Waals surface area contributed by atoms with E-state index in [1.54, 1.807) is 11.8 Å². The highest BCUT2D eigenvalue weighted by Gasteiger charge is 2.30. The van der Waals surface area contributed by atoms with Gasteiger partial charge < -0.3 is 23.5 Å². The summed E-state index contributed by atoms with van der Waals surface area (Å²) in [5.74, 6) is 0.449. The fourth-order valence-corrected chi connectivity index (χ4v) is 3.57. The quantitative estimate of drug-likeness (QED) is 0.319. The van der Waals surface area contributed by atoms with Crippen LogP contribution in [-0.4, -0.2) is 47.9 Å². The van der Waals surface area contributed by atoms with Crippen molar-refractivity contribution in [2.75, 3.05) is 19.8 Å². The fraction of sp³-hybridized carbons (Fsp3) is 0.615. The van der Waals surface area contributed by atoms with Gasteiger partial charge in [-0.3, -0.25) is 0 Å². The fourth-order valence-electron chi connectivity index (χ4n) is 3.57. The molecule has 0 unspecified atom stereocenters. The number of fused-ring (bicyclic) bond motifs is 1. The zero-order chi connectivity index (χ0) is 24.8. The summed E-state index contributed by atoms with van der Waals surface area (Å²) in [5.41, 5.74) is 0.478. The van der Waals surface area contributed by atoms with Gasteiger partial charge in [-0.05, 0) is 73.4 Å². The lowest BCUT2D eigenvalue weighted by Crippen LogP contribution is -2.48. The Bertz CT molecular complexity index is 948. The van der Waals surface area contributed by atoms with Crippen LogP contribution in [0.1, 0.15) is 84.3 Å². The first-order valence-electron chi connectivity index (χ1n) is 11.7. The number of rotatable bonds is 9. The van der Waals surface area contributed by atoms with Gasteiger partial charge in [0.15, 0.2) is 0 Å². The predicted molar refractivity (Wildman–Crippen MR) is 129 cm³/mol. The van der Waals surface area contributed by atoms with E-state index in [9.17, 15) is 9.59 Å². The average molecular weight is 462 g/mol. The molecule has 0 aliphatic heterocycles. The molecule has 2 aromatic rings. The third-order valence-electron chi connectivity index (χ3n) is 4.94. The number of esters is 1. The van der Waals surface area contributed by atoms with E-state index in [1.807, 2.05) is 59.7 Å². The lowest BCUT2D eigenvalue weighted by atomic mass is 10.0. The number of benzene rings is 1. The number of hydrogen-bond acceptors (Lipinski definition) is 6. The maximum absolute atomic E-state index is 12.7. The number of hydrogen-bond donors (Lipinski definition) is 0. The minimum atomic E-state index is -0.555. The van der Waals surface area contributed by atoms with Crippen molar-refractivity contribution >= 4 is 23.0 Å². The molecule has 0 atom stereocenters. The van der Waals surface area contributed by atoms with Gasteiger partial charge in [0.2, 0.25) is 5.76 Å². The molecule has 0 fully saturated rings. The first kappa shape index (κ1) is 26.6. The van der Waals surface area contributed by atoms with Gasteiger partial charge in [-0.25, -0.2) is 9.59 Å². The van der Waals surface area contributed by atoms with Gasteiger partial charge in [0.25, 0.3) is 0 Å². The van der Waals surface area contributed by atoms with E-state index in [2.05, 4.69) is 6.92 Å². The second-order valence-corrected chi connectivity index (χ2v) is 10.0. The second kappa shape index (κ2) is 10.9. The lowest BCUT2D eigenvalue weighted by Gasteiger charge is -2.36. The van der Waals surface area contributed by atoms with Crippen LogP contribution in [0.5, 0.6) is 5.75 Å². The van der Waals surface area contributed by atoms with Gasteiger partial charge in [0.05, 0.1) is 18.6 Å². The number of ether oxygens (including phenoxy) is 3. The topological polar surface area (TPSA) is 78.2 Å². The Morgan fingerprint density at radius 3 is 2.33 bits per heavy atom. The van der Waals surface area contributed by atoms with E-state index in [-0.39, 0.29) is 24.0 Å². The molecule has 0 N–H and O–H groups in total. The first-order valence-corrected chi connectivity index (χ1v) is 11.7. The Kier molecular flexibility index (Phi) is 8.81. The molecule has 0 aliphatic rings. The molecule has 0 bridgehead atoms. The summed E-state index contributed by atoms with van der Waals surface area (Å²) in [6.45, 7) is 16.5. The molecule has 2 rings (SSSR count). The molecule has 1 heterocycles. The summed E-state index contributed by atoms with van der Waals surface area (Å²) in [4.78, 5) is 26.8. The van der Waals surface area contributed by atoms with E-state index >= 15 is 0 Å². The number of amides is 1. The number of aryl methyl sites for hydroxylation is 1. The molecule has 1 aromatic heterocycles. The Labute approximate surface area is 197 Å². The number of carbonyl (C=O) groups is 2. The predicted octanol–water partition coefficient (Wildman–Crippen LogP) is 6.37. The minimum Gasteiger partial charge on any atom is -0.493 e. The van der Waals surface area contributed by atoms with E-state index in [4.69, 9.17) is 18.6 Å². The molecule has 33 heavy (non-hydrogen) atoms. The van der Waals surface area contributed by atoms with Crippen molar-refractivity contribution in [1.82, 2.24) is 4.90 Å². The lowest BCUT2D eigenvalue weighted by molar-refractivity contribution is 0.00519. The molecule has 0 saturated heterocycles. The van der Waals surface area contributed by atoms with Crippen LogP contribution in [-0.2, 0) is 15.9 Å². The molecule has 7 nitrogen and oxygen atoms in total. The number of nitrogens with zero attached hydrogens (tertiary/aromatic N) is 1. The largest absolute Gasteiger partial charge is 0.493 e. The van der Waals surface area contributed by atoms with Crippen LogP contribution in [0.3, 0.4) is 0 Å². The highest BCUT2D eigenvalue weighted by Crippen LogP contribution is 2.35. The molecular formula is C26H39NO6. The van der Waals surface area contributed by atoms with Crippen molar-refractivity contribution in [2.45, 2.75) is 85.8 Å². The van der Waals surface area contributed by atoms with Crippen LogP contribution in [0.2, 0.25) is 0 Å². The van der Waals surface area contributed by atoms with Gasteiger partial charge in [-0.2, -0.15) is 0 Å². The Balaban J connectivity index is 2.17. The summed E-state index contributed by atoms with van der Waals surface area (Å²) in [6.07, 6.45) is 1.82. The maximum atomic E-state index is 12.7. The van der Waals surface area contributed by atoms with Crippen molar-refractivity contribution in [3.63, 3.8) is 0 Å². The van der Waals surface area contributed by atoms with Crippen LogP contribution < -0.4 is 4.74 Å². The molecule has 0 aliphatic carbocycles. The highest BCUT2D eigenvalue weighted by atomic mass is 16.6. The zero-order valence-electron chi connectivity index (χ0n) is 21.4. The summed E-state index contributed by atoms with van der Waals surface area (Å²) in [7, 11) is 0. The van der Waals surface area contributed by atoms with Crippen LogP contribution >= 0.6 is 0 Å².